The number of ether oxygens (including phenoxy) is 4. The summed E-state index contributed by atoms with van der Waals surface area (Å²) in [5, 5.41) is 14.0. The van der Waals surface area contributed by atoms with Gasteiger partial charge in [-0.2, -0.15) is 0 Å². The van der Waals surface area contributed by atoms with Crippen molar-refractivity contribution in [2.24, 2.45) is 55.2 Å². The standard InChI is InChI=1S/C48H86N4O8/c1-37(2)23-49-24-38(3,4)45(37,17)57-33(53)21-31(35(55)59-47(19)41(9,10)27-51-28-42(47,11)12)32(36(56)60-48(20)43(13,14)29-52-30-44(48,15)16)22-34(54)58-46(18)39(5,6)25-50-26-40(46,7)8/h31-32,49-52H,21-30H2,1-20H3. The molecule has 346 valence electrons. The van der Waals surface area contributed by atoms with Crippen LogP contribution in [0.15, 0.2) is 0 Å². The largest absolute Gasteiger partial charge is 0.458 e. The van der Waals surface area contributed by atoms with Crippen LogP contribution < -0.4 is 21.3 Å². The highest BCUT2D eigenvalue weighted by Gasteiger charge is 2.62. The van der Waals surface area contributed by atoms with Crippen molar-refractivity contribution in [2.45, 2.75) is 174 Å². The number of carbonyl (C=O) groups is 4. The summed E-state index contributed by atoms with van der Waals surface area (Å²) < 4.78 is 26.6. The van der Waals surface area contributed by atoms with Crippen molar-refractivity contribution in [3.63, 3.8) is 0 Å². The Bertz CT molecular complexity index is 1470. The molecule has 0 aliphatic carbocycles. The van der Waals surface area contributed by atoms with Gasteiger partial charge in [-0.25, -0.2) is 0 Å². The first-order valence-electron chi connectivity index (χ1n) is 22.5. The molecular weight excluding hydrogens is 761 g/mol. The summed E-state index contributed by atoms with van der Waals surface area (Å²) in [5.41, 5.74) is -8.07. The Morgan fingerprint density at radius 3 is 0.683 bits per heavy atom. The minimum Gasteiger partial charge on any atom is -0.458 e. The minimum atomic E-state index is -1.44. The van der Waals surface area contributed by atoms with Crippen molar-refractivity contribution in [3.05, 3.63) is 0 Å². The van der Waals surface area contributed by atoms with E-state index in [4.69, 9.17) is 18.9 Å². The molecule has 12 nitrogen and oxygen atoms in total. The fraction of sp³-hybridized carbons (Fsp3) is 0.917. The van der Waals surface area contributed by atoms with E-state index in [2.05, 4.69) is 76.7 Å². The molecule has 0 radical (unpaired) electrons. The summed E-state index contributed by atoms with van der Waals surface area (Å²) in [6, 6.07) is 0. The second-order valence-electron chi connectivity index (χ2n) is 25.0. The maximum Gasteiger partial charge on any atom is 0.311 e. The van der Waals surface area contributed by atoms with Crippen LogP contribution in [0.1, 0.15) is 151 Å². The summed E-state index contributed by atoms with van der Waals surface area (Å²) >= 11 is 0. The second kappa shape index (κ2) is 15.8. The average molecular weight is 847 g/mol. The van der Waals surface area contributed by atoms with Crippen LogP contribution in [0, 0.1) is 55.2 Å². The number of hydrogen-bond acceptors (Lipinski definition) is 12. The van der Waals surface area contributed by atoms with Gasteiger partial charge in [0.2, 0.25) is 0 Å². The Kier molecular flexibility index (Phi) is 13.2. The number of hydrogen-bond donors (Lipinski definition) is 4. The summed E-state index contributed by atoms with van der Waals surface area (Å²) in [6.07, 6.45) is -1.00. The third-order valence-electron chi connectivity index (χ3n) is 18.0. The Hall–Kier alpha value is -2.28. The lowest BCUT2D eigenvalue weighted by Crippen LogP contribution is -2.67. The molecule has 4 fully saturated rings. The number of carbonyl (C=O) groups excluding carboxylic acids is 4. The summed E-state index contributed by atoms with van der Waals surface area (Å²) in [6.45, 7) is 45.4. The van der Waals surface area contributed by atoms with Crippen molar-refractivity contribution < 1.29 is 38.1 Å². The van der Waals surface area contributed by atoms with Gasteiger partial charge in [-0.3, -0.25) is 19.2 Å². The van der Waals surface area contributed by atoms with Crippen molar-refractivity contribution in [3.8, 4) is 0 Å². The molecule has 0 aromatic heterocycles. The van der Waals surface area contributed by atoms with Crippen LogP contribution in [0.3, 0.4) is 0 Å². The van der Waals surface area contributed by atoms with Crippen molar-refractivity contribution in [2.75, 3.05) is 52.4 Å². The van der Waals surface area contributed by atoms with E-state index >= 15 is 9.59 Å². The highest BCUT2D eigenvalue weighted by atomic mass is 16.6. The Balaban J connectivity index is 1.89. The van der Waals surface area contributed by atoms with Crippen LogP contribution >= 0.6 is 0 Å². The summed E-state index contributed by atoms with van der Waals surface area (Å²) in [4.78, 5) is 60.1. The van der Waals surface area contributed by atoms with Crippen molar-refractivity contribution in [1.29, 1.82) is 0 Å². The van der Waals surface area contributed by atoms with Gasteiger partial charge in [0.05, 0.1) is 24.7 Å². The molecule has 4 aliphatic rings. The number of rotatable bonds is 11. The fourth-order valence-corrected chi connectivity index (χ4v) is 11.1. The highest BCUT2D eigenvalue weighted by Crippen LogP contribution is 2.54. The number of nitrogens with one attached hydrogen (secondary N) is 4. The maximum absolute atomic E-state index is 15.3. The van der Waals surface area contributed by atoms with Crippen LogP contribution in [-0.4, -0.2) is 98.6 Å². The van der Waals surface area contributed by atoms with Gasteiger partial charge in [0.25, 0.3) is 0 Å². The Morgan fingerprint density at radius 1 is 0.333 bits per heavy atom. The first-order valence-corrected chi connectivity index (χ1v) is 22.5. The van der Waals surface area contributed by atoms with Crippen LogP contribution in [0.5, 0.6) is 0 Å². The topological polar surface area (TPSA) is 153 Å². The smallest absolute Gasteiger partial charge is 0.311 e. The monoisotopic (exact) mass is 847 g/mol. The number of esters is 4. The third kappa shape index (κ3) is 8.31. The molecule has 4 saturated heterocycles. The molecule has 2 atom stereocenters. The van der Waals surface area contributed by atoms with E-state index in [1.54, 1.807) is 0 Å². The van der Waals surface area contributed by atoms with Crippen molar-refractivity contribution >= 4 is 23.9 Å². The zero-order chi connectivity index (χ0) is 46.2. The fourth-order valence-electron chi connectivity index (χ4n) is 11.1. The Morgan fingerprint density at radius 2 is 0.500 bits per heavy atom. The second-order valence-corrected chi connectivity index (χ2v) is 25.0. The van der Waals surface area contributed by atoms with E-state index in [-0.39, 0.29) is 0 Å². The molecule has 0 bridgehead atoms. The van der Waals surface area contributed by atoms with Gasteiger partial charge in [0.1, 0.15) is 22.4 Å². The lowest BCUT2D eigenvalue weighted by molar-refractivity contribution is -0.224. The Labute approximate surface area is 363 Å². The van der Waals surface area contributed by atoms with Crippen molar-refractivity contribution in [1.82, 2.24) is 21.3 Å². The van der Waals surface area contributed by atoms with E-state index in [0.29, 0.717) is 52.4 Å². The van der Waals surface area contributed by atoms with E-state index in [1.165, 1.54) is 0 Å². The first kappa shape index (κ1) is 50.4. The van der Waals surface area contributed by atoms with Gasteiger partial charge in [-0.15, -0.1) is 0 Å². The molecule has 12 heteroatoms. The number of piperidine rings is 4. The average Bonchev–Trinajstić information content (AvgIpc) is 3.05. The molecule has 4 rings (SSSR count). The summed E-state index contributed by atoms with van der Waals surface area (Å²) in [5.74, 6) is -5.67. The lowest BCUT2D eigenvalue weighted by atomic mass is 9.59. The maximum atomic E-state index is 15.3. The van der Waals surface area contributed by atoms with Gasteiger partial charge in [0, 0.05) is 95.7 Å². The highest BCUT2D eigenvalue weighted by molar-refractivity contribution is 5.89. The van der Waals surface area contributed by atoms with Crippen LogP contribution in [0.25, 0.3) is 0 Å². The predicted molar refractivity (Wildman–Crippen MR) is 236 cm³/mol. The molecule has 0 saturated carbocycles. The predicted octanol–water partition coefficient (Wildman–Crippen LogP) is 6.83. The third-order valence-corrected chi connectivity index (χ3v) is 18.0. The van der Waals surface area contributed by atoms with Gasteiger partial charge in [-0.1, -0.05) is 111 Å². The van der Waals surface area contributed by atoms with E-state index in [0.717, 1.165) is 0 Å². The van der Waals surface area contributed by atoms with Gasteiger partial charge >= 0.3 is 23.9 Å². The van der Waals surface area contributed by atoms with E-state index in [9.17, 15) is 9.59 Å². The van der Waals surface area contributed by atoms with Gasteiger partial charge < -0.3 is 40.2 Å². The molecule has 0 spiro atoms. The molecular formula is C48H86N4O8. The summed E-state index contributed by atoms with van der Waals surface area (Å²) in [7, 11) is 0. The molecule has 60 heavy (non-hydrogen) atoms. The quantitative estimate of drug-likeness (QED) is 0.127. The molecule has 2 unspecified atom stereocenters. The van der Waals surface area contributed by atoms with E-state index < -0.39 is 114 Å². The molecule has 4 N–H and O–H groups in total. The van der Waals surface area contributed by atoms with Crippen LogP contribution in [-0.2, 0) is 38.1 Å². The molecule has 0 aromatic carbocycles. The SMILES string of the molecule is CC1(C)CNCC(C)(C)C1(C)OC(=O)CC(C(=O)OC1(C)C(C)(C)CNCC1(C)C)C(CC(=O)OC1(C)C(C)(C)CNCC1(C)C)C(=O)OC1(C)C(C)(C)CNCC1(C)C. The van der Waals surface area contributed by atoms with Crippen LogP contribution in [0.4, 0.5) is 0 Å². The molecule has 4 heterocycles. The zero-order valence-corrected chi connectivity index (χ0v) is 41.5. The van der Waals surface area contributed by atoms with Gasteiger partial charge in [-0.05, 0) is 27.7 Å². The van der Waals surface area contributed by atoms with E-state index in [1.807, 2.05) is 83.1 Å². The lowest BCUT2D eigenvalue weighted by Gasteiger charge is -2.57. The minimum absolute atomic E-state index is 0.482. The van der Waals surface area contributed by atoms with Crippen LogP contribution in [0.2, 0.25) is 0 Å². The van der Waals surface area contributed by atoms with Gasteiger partial charge in [0.15, 0.2) is 0 Å². The zero-order valence-electron chi connectivity index (χ0n) is 41.5. The molecule has 0 aromatic rings. The normalized spacial score (nSPS) is 29.1. The first-order chi connectivity index (χ1) is 26.8. The molecule has 0 amide bonds. The molecule has 4 aliphatic heterocycles.